The minimum atomic E-state index is -3.59. The van der Waals surface area contributed by atoms with E-state index >= 15 is 0 Å². The molecule has 0 saturated carbocycles. The molecule has 0 aliphatic rings. The van der Waals surface area contributed by atoms with Crippen molar-refractivity contribution in [1.82, 2.24) is 0 Å². The maximum absolute atomic E-state index is 12.0. The van der Waals surface area contributed by atoms with E-state index in [9.17, 15) is 8.42 Å². The SMILES string of the molecule is CCC(C)CCCCCCCOS(=O)(=O)c1ccc(C)cc1. The third-order valence-electron chi connectivity index (χ3n) is 4.09. The van der Waals surface area contributed by atoms with Crippen LogP contribution in [0, 0.1) is 12.8 Å². The van der Waals surface area contributed by atoms with Gasteiger partial charge in [-0.3, -0.25) is 4.18 Å². The zero-order valence-electron chi connectivity index (χ0n) is 14.2. The van der Waals surface area contributed by atoms with E-state index in [2.05, 4.69) is 13.8 Å². The molecule has 0 bridgehead atoms. The largest absolute Gasteiger partial charge is 0.296 e. The fraction of sp³-hybridized carbons (Fsp3) is 0.667. The highest BCUT2D eigenvalue weighted by atomic mass is 32.2. The van der Waals surface area contributed by atoms with Crippen molar-refractivity contribution in [1.29, 1.82) is 0 Å². The number of aryl methyl sites for hydroxylation is 1. The van der Waals surface area contributed by atoms with Gasteiger partial charge in [-0.15, -0.1) is 0 Å². The highest BCUT2D eigenvalue weighted by Gasteiger charge is 2.14. The van der Waals surface area contributed by atoms with E-state index in [-0.39, 0.29) is 11.5 Å². The molecule has 0 aliphatic heterocycles. The number of hydrogen-bond donors (Lipinski definition) is 0. The Balaban J connectivity index is 2.15. The second-order valence-electron chi connectivity index (χ2n) is 6.16. The van der Waals surface area contributed by atoms with E-state index < -0.39 is 10.1 Å². The van der Waals surface area contributed by atoms with Crippen molar-refractivity contribution >= 4 is 10.1 Å². The Labute approximate surface area is 136 Å². The van der Waals surface area contributed by atoms with E-state index in [1.54, 1.807) is 24.3 Å². The molecule has 3 nitrogen and oxygen atoms in total. The highest BCUT2D eigenvalue weighted by molar-refractivity contribution is 7.86. The van der Waals surface area contributed by atoms with E-state index in [0.29, 0.717) is 0 Å². The van der Waals surface area contributed by atoms with Crippen LogP contribution >= 0.6 is 0 Å². The first-order valence-corrected chi connectivity index (χ1v) is 9.82. The van der Waals surface area contributed by atoms with Crippen LogP contribution in [0.1, 0.15) is 64.4 Å². The summed E-state index contributed by atoms with van der Waals surface area (Å²) in [6.45, 7) is 6.74. The van der Waals surface area contributed by atoms with E-state index in [4.69, 9.17) is 4.18 Å². The normalized spacial score (nSPS) is 13.2. The molecule has 0 N–H and O–H groups in total. The quantitative estimate of drug-likeness (QED) is 0.420. The fourth-order valence-corrected chi connectivity index (χ4v) is 3.21. The van der Waals surface area contributed by atoms with Gasteiger partial charge in [0, 0.05) is 0 Å². The van der Waals surface area contributed by atoms with Gasteiger partial charge in [-0.2, -0.15) is 8.42 Å². The molecule has 0 amide bonds. The Bertz CT molecular complexity index is 506. The molecule has 0 spiro atoms. The Kier molecular flexibility index (Phi) is 8.72. The standard InChI is InChI=1S/C18H30O3S/c1-4-16(2)10-8-6-5-7-9-15-21-22(19,20)18-13-11-17(3)12-14-18/h11-14,16H,4-10,15H2,1-3H3. The van der Waals surface area contributed by atoms with Gasteiger partial charge in [-0.25, -0.2) is 0 Å². The van der Waals surface area contributed by atoms with Gasteiger partial charge in [0.1, 0.15) is 0 Å². The van der Waals surface area contributed by atoms with Crippen LogP contribution in [0.2, 0.25) is 0 Å². The van der Waals surface area contributed by atoms with Crippen LogP contribution in [0.4, 0.5) is 0 Å². The fourth-order valence-electron chi connectivity index (χ4n) is 2.27. The molecule has 22 heavy (non-hydrogen) atoms. The molecule has 0 fully saturated rings. The van der Waals surface area contributed by atoms with Gasteiger partial charge >= 0.3 is 0 Å². The molecule has 1 unspecified atom stereocenters. The van der Waals surface area contributed by atoms with Crippen molar-refractivity contribution in [2.75, 3.05) is 6.61 Å². The Hall–Kier alpha value is -0.870. The summed E-state index contributed by atoms with van der Waals surface area (Å²) in [5, 5.41) is 0. The molecule has 0 heterocycles. The summed E-state index contributed by atoms with van der Waals surface area (Å²) in [5.41, 5.74) is 1.04. The number of rotatable bonds is 11. The average molecular weight is 327 g/mol. The topological polar surface area (TPSA) is 43.4 Å². The number of benzene rings is 1. The molecular formula is C18H30O3S. The van der Waals surface area contributed by atoms with Crippen LogP contribution in [-0.4, -0.2) is 15.0 Å². The first kappa shape index (κ1) is 19.2. The van der Waals surface area contributed by atoms with Crippen molar-refractivity contribution in [2.24, 2.45) is 5.92 Å². The summed E-state index contributed by atoms with van der Waals surface area (Å²) >= 11 is 0. The maximum atomic E-state index is 12.0. The molecule has 126 valence electrons. The molecule has 0 aromatic heterocycles. The van der Waals surface area contributed by atoms with Gasteiger partial charge in [0.05, 0.1) is 11.5 Å². The van der Waals surface area contributed by atoms with Crippen molar-refractivity contribution in [3.8, 4) is 0 Å². The lowest BCUT2D eigenvalue weighted by molar-refractivity contribution is 0.306. The van der Waals surface area contributed by atoms with Crippen LogP contribution in [0.5, 0.6) is 0 Å². The molecule has 0 saturated heterocycles. The van der Waals surface area contributed by atoms with Crippen molar-refractivity contribution in [3.05, 3.63) is 29.8 Å². The van der Waals surface area contributed by atoms with Crippen LogP contribution in [0.3, 0.4) is 0 Å². The lowest BCUT2D eigenvalue weighted by Crippen LogP contribution is -2.07. The maximum Gasteiger partial charge on any atom is 0.296 e. The van der Waals surface area contributed by atoms with E-state index in [1.807, 2.05) is 6.92 Å². The molecule has 1 atom stereocenters. The van der Waals surface area contributed by atoms with Gasteiger partial charge in [0.25, 0.3) is 10.1 Å². The molecule has 1 aromatic rings. The summed E-state index contributed by atoms with van der Waals surface area (Å²) < 4.78 is 29.0. The third-order valence-corrected chi connectivity index (χ3v) is 5.41. The summed E-state index contributed by atoms with van der Waals surface area (Å²) in [7, 11) is -3.59. The zero-order chi connectivity index (χ0) is 16.4. The van der Waals surface area contributed by atoms with Crippen LogP contribution < -0.4 is 0 Å². The van der Waals surface area contributed by atoms with E-state index in [1.165, 1.54) is 25.7 Å². The molecule has 1 rings (SSSR count). The van der Waals surface area contributed by atoms with Gasteiger partial charge in [0.2, 0.25) is 0 Å². The predicted molar refractivity (Wildman–Crippen MR) is 91.5 cm³/mol. The van der Waals surface area contributed by atoms with Crippen LogP contribution in [-0.2, 0) is 14.3 Å². The van der Waals surface area contributed by atoms with E-state index in [0.717, 1.165) is 30.7 Å². The van der Waals surface area contributed by atoms with Gasteiger partial charge in [0.15, 0.2) is 0 Å². The first-order valence-electron chi connectivity index (χ1n) is 8.42. The highest BCUT2D eigenvalue weighted by Crippen LogP contribution is 2.15. The Morgan fingerprint density at radius 1 is 1.00 bits per heavy atom. The Morgan fingerprint density at radius 3 is 2.23 bits per heavy atom. The number of unbranched alkanes of at least 4 members (excludes halogenated alkanes) is 4. The molecule has 0 aliphatic carbocycles. The zero-order valence-corrected chi connectivity index (χ0v) is 15.0. The number of hydrogen-bond acceptors (Lipinski definition) is 3. The van der Waals surface area contributed by atoms with Crippen LogP contribution in [0.25, 0.3) is 0 Å². The smallest absolute Gasteiger partial charge is 0.266 e. The van der Waals surface area contributed by atoms with Crippen LogP contribution in [0.15, 0.2) is 29.2 Å². The molecule has 0 radical (unpaired) electrons. The van der Waals surface area contributed by atoms with Crippen molar-refractivity contribution in [2.45, 2.75) is 70.6 Å². The summed E-state index contributed by atoms with van der Waals surface area (Å²) in [6, 6.07) is 6.76. The van der Waals surface area contributed by atoms with Gasteiger partial charge < -0.3 is 0 Å². The predicted octanol–water partition coefficient (Wildman–Crippen LogP) is 5.09. The molecule has 1 aromatic carbocycles. The second-order valence-corrected chi connectivity index (χ2v) is 7.77. The lowest BCUT2D eigenvalue weighted by Gasteiger charge is -2.08. The summed E-state index contributed by atoms with van der Waals surface area (Å²) in [4.78, 5) is 0.242. The summed E-state index contributed by atoms with van der Waals surface area (Å²) in [6.07, 6.45) is 8.05. The third kappa shape index (κ3) is 7.41. The van der Waals surface area contributed by atoms with Crippen molar-refractivity contribution < 1.29 is 12.6 Å². The van der Waals surface area contributed by atoms with Crippen molar-refractivity contribution in [3.63, 3.8) is 0 Å². The van der Waals surface area contributed by atoms with Gasteiger partial charge in [-0.1, -0.05) is 70.1 Å². The minimum Gasteiger partial charge on any atom is -0.266 e. The molecular weight excluding hydrogens is 296 g/mol. The minimum absolute atomic E-state index is 0.242. The molecule has 4 heteroatoms. The Morgan fingerprint density at radius 2 is 1.59 bits per heavy atom. The average Bonchev–Trinajstić information content (AvgIpc) is 2.50. The summed E-state index contributed by atoms with van der Waals surface area (Å²) in [5.74, 6) is 0.822. The first-order chi connectivity index (χ1) is 10.5. The lowest BCUT2D eigenvalue weighted by atomic mass is 10.0. The van der Waals surface area contributed by atoms with Gasteiger partial charge in [-0.05, 0) is 31.4 Å². The second kappa shape index (κ2) is 10.0. The monoisotopic (exact) mass is 326 g/mol.